The molecule has 2 rings (SSSR count). The molecule has 1 aromatic heterocycles. The van der Waals surface area contributed by atoms with Crippen LogP contribution in [0.3, 0.4) is 0 Å². The number of hydrogen-bond donors (Lipinski definition) is 3. The highest BCUT2D eigenvalue weighted by molar-refractivity contribution is 7.71. The van der Waals surface area contributed by atoms with Gasteiger partial charge in [-0.15, -0.1) is 0 Å². The summed E-state index contributed by atoms with van der Waals surface area (Å²) in [5, 5.41) is 14.3. The van der Waals surface area contributed by atoms with Crippen LogP contribution in [0.2, 0.25) is 0 Å². The van der Waals surface area contributed by atoms with Crippen molar-refractivity contribution >= 4 is 24.1 Å². The van der Waals surface area contributed by atoms with Crippen molar-refractivity contribution in [1.82, 2.24) is 9.55 Å². The molecule has 0 aliphatic carbocycles. The van der Waals surface area contributed by atoms with Crippen LogP contribution in [0.25, 0.3) is 0 Å². The van der Waals surface area contributed by atoms with Gasteiger partial charge in [0.1, 0.15) is 5.56 Å². The fraction of sp³-hybridized carbons (Fsp3) is 0.267. The molecule has 1 atom stereocenters. The van der Waals surface area contributed by atoms with Crippen molar-refractivity contribution in [3.63, 3.8) is 0 Å². The number of nitrogens with zero attached hydrogens (tertiary/aromatic N) is 2. The van der Waals surface area contributed by atoms with Gasteiger partial charge in [0.25, 0.3) is 5.56 Å². The molecular formula is C15H18N4O2S. The van der Waals surface area contributed by atoms with Gasteiger partial charge in [-0.05, 0) is 37.7 Å². The summed E-state index contributed by atoms with van der Waals surface area (Å²) in [6, 6.07) is 9.28. The van der Waals surface area contributed by atoms with Crippen LogP contribution in [0.15, 0.2) is 40.2 Å². The van der Waals surface area contributed by atoms with E-state index in [0.717, 1.165) is 12.1 Å². The molecule has 22 heavy (non-hydrogen) atoms. The van der Waals surface area contributed by atoms with Crippen LogP contribution < -0.4 is 11.0 Å². The van der Waals surface area contributed by atoms with Crippen LogP contribution in [-0.2, 0) is 0 Å². The number of anilines is 1. The molecule has 0 aliphatic heterocycles. The van der Waals surface area contributed by atoms with E-state index in [-0.39, 0.29) is 22.3 Å². The maximum Gasteiger partial charge on any atom is 0.264 e. The van der Waals surface area contributed by atoms with E-state index in [1.165, 1.54) is 10.8 Å². The number of para-hydroxylation sites is 1. The lowest BCUT2D eigenvalue weighted by Gasteiger charge is -2.16. The maximum atomic E-state index is 12.0. The third-order valence-corrected chi connectivity index (χ3v) is 3.64. The Morgan fingerprint density at radius 2 is 2.14 bits per heavy atom. The van der Waals surface area contributed by atoms with Crippen molar-refractivity contribution in [3.8, 4) is 5.88 Å². The Morgan fingerprint density at radius 1 is 1.45 bits per heavy atom. The summed E-state index contributed by atoms with van der Waals surface area (Å²) in [5.74, 6) is -0.179. The van der Waals surface area contributed by atoms with Crippen molar-refractivity contribution < 1.29 is 5.11 Å². The van der Waals surface area contributed by atoms with Crippen LogP contribution in [0, 0.1) is 4.77 Å². The van der Waals surface area contributed by atoms with E-state index in [1.807, 2.05) is 44.2 Å². The van der Waals surface area contributed by atoms with Gasteiger partial charge in [0, 0.05) is 6.04 Å². The maximum absolute atomic E-state index is 12.0. The molecule has 2 aromatic rings. The molecule has 1 heterocycles. The van der Waals surface area contributed by atoms with Crippen LogP contribution in [0.1, 0.15) is 31.9 Å². The lowest BCUT2D eigenvalue weighted by molar-refractivity contribution is 0.371. The Hall–Kier alpha value is -2.41. The third kappa shape index (κ3) is 3.43. The summed E-state index contributed by atoms with van der Waals surface area (Å²) in [5.41, 5.74) is 3.17. The summed E-state index contributed by atoms with van der Waals surface area (Å²) >= 11 is 5.11. The number of aromatic nitrogens is 2. The molecule has 0 saturated heterocycles. The van der Waals surface area contributed by atoms with Crippen molar-refractivity contribution in [1.29, 1.82) is 0 Å². The minimum absolute atomic E-state index is 0.0291. The highest BCUT2D eigenvalue weighted by Crippen LogP contribution is 2.20. The van der Waals surface area contributed by atoms with E-state index in [0.29, 0.717) is 0 Å². The van der Waals surface area contributed by atoms with Crippen LogP contribution in [0.4, 0.5) is 5.69 Å². The zero-order valence-corrected chi connectivity index (χ0v) is 13.2. The Labute approximate surface area is 133 Å². The molecule has 0 radical (unpaired) electrons. The first-order chi connectivity index (χ1) is 10.5. The van der Waals surface area contributed by atoms with Gasteiger partial charge in [-0.3, -0.25) is 19.8 Å². The summed E-state index contributed by atoms with van der Waals surface area (Å²) < 4.78 is 1.71. The molecule has 0 fully saturated rings. The van der Waals surface area contributed by atoms with Gasteiger partial charge in [0.05, 0.1) is 11.9 Å². The first kappa shape index (κ1) is 16.0. The topological polar surface area (TPSA) is 82.4 Å². The number of H-pyrrole nitrogens is 1. The highest BCUT2D eigenvalue weighted by Gasteiger charge is 2.14. The number of hydrogen-bond acceptors (Lipinski definition) is 5. The number of aromatic amines is 1. The Bertz CT molecular complexity index is 780. The molecule has 0 aliphatic rings. The number of rotatable bonds is 5. The van der Waals surface area contributed by atoms with E-state index in [2.05, 4.69) is 15.5 Å². The average Bonchev–Trinajstić information content (AvgIpc) is 2.51. The summed E-state index contributed by atoms with van der Waals surface area (Å²) in [6.45, 7) is 3.89. The fourth-order valence-electron chi connectivity index (χ4n) is 1.94. The second-order valence-electron chi connectivity index (χ2n) is 4.86. The predicted molar refractivity (Wildman–Crippen MR) is 90.2 cm³/mol. The van der Waals surface area contributed by atoms with Gasteiger partial charge in [-0.1, -0.05) is 25.1 Å². The molecule has 7 heteroatoms. The Morgan fingerprint density at radius 3 is 2.77 bits per heavy atom. The molecule has 0 saturated carbocycles. The first-order valence-electron chi connectivity index (χ1n) is 6.96. The summed E-state index contributed by atoms with van der Waals surface area (Å²) in [6.07, 6.45) is 2.06. The predicted octanol–water partition coefficient (Wildman–Crippen LogP) is 3.03. The smallest absolute Gasteiger partial charge is 0.264 e. The van der Waals surface area contributed by atoms with E-state index in [9.17, 15) is 9.90 Å². The minimum Gasteiger partial charge on any atom is -0.494 e. The summed E-state index contributed by atoms with van der Waals surface area (Å²) in [7, 11) is 0. The second-order valence-corrected chi connectivity index (χ2v) is 5.25. The Kier molecular flexibility index (Phi) is 5.11. The largest absolute Gasteiger partial charge is 0.494 e. The molecule has 116 valence electrons. The minimum atomic E-state index is -0.472. The van der Waals surface area contributed by atoms with Crippen molar-refractivity contribution in [3.05, 3.63) is 51.0 Å². The first-order valence-corrected chi connectivity index (χ1v) is 7.37. The standard InChI is InChI=1S/C15H18N4O2S/c1-3-10(2)19-14(21)12(13(20)17-15(19)22)9-16-18-11-7-5-4-6-8-11/h4-10,18,21H,3H2,1-2H3,(H,17,20,22)/b16-9+/t10-/m0/s1. The van der Waals surface area contributed by atoms with Crippen molar-refractivity contribution in [2.75, 3.05) is 5.43 Å². The van der Waals surface area contributed by atoms with E-state index < -0.39 is 5.56 Å². The zero-order valence-electron chi connectivity index (χ0n) is 12.4. The molecule has 0 amide bonds. The number of nitrogens with one attached hydrogen (secondary N) is 2. The quantitative estimate of drug-likeness (QED) is 0.449. The van der Waals surface area contributed by atoms with E-state index >= 15 is 0 Å². The van der Waals surface area contributed by atoms with Gasteiger partial charge in [-0.2, -0.15) is 5.10 Å². The molecule has 6 nitrogen and oxygen atoms in total. The lowest BCUT2D eigenvalue weighted by atomic mass is 10.2. The molecule has 0 unspecified atom stereocenters. The average molecular weight is 318 g/mol. The monoisotopic (exact) mass is 318 g/mol. The van der Waals surface area contributed by atoms with Crippen molar-refractivity contribution in [2.45, 2.75) is 26.3 Å². The SMILES string of the molecule is CC[C@H](C)n1c(O)c(/C=N/Nc2ccccc2)c(=O)[nH]c1=S. The molecule has 1 aromatic carbocycles. The highest BCUT2D eigenvalue weighted by atomic mass is 32.1. The van der Waals surface area contributed by atoms with E-state index in [1.54, 1.807) is 0 Å². The zero-order chi connectivity index (χ0) is 16.1. The van der Waals surface area contributed by atoms with E-state index in [4.69, 9.17) is 12.2 Å². The van der Waals surface area contributed by atoms with Gasteiger partial charge in [0.15, 0.2) is 4.77 Å². The van der Waals surface area contributed by atoms with Crippen LogP contribution in [-0.4, -0.2) is 20.9 Å². The number of hydrazone groups is 1. The molecule has 0 spiro atoms. The van der Waals surface area contributed by atoms with Gasteiger partial charge >= 0.3 is 0 Å². The molecular weight excluding hydrogens is 300 g/mol. The Balaban J connectivity index is 2.35. The normalized spacial score (nSPS) is 12.5. The van der Waals surface area contributed by atoms with Gasteiger partial charge in [-0.25, -0.2) is 0 Å². The third-order valence-electron chi connectivity index (χ3n) is 3.35. The van der Waals surface area contributed by atoms with Gasteiger partial charge in [0.2, 0.25) is 5.88 Å². The lowest BCUT2D eigenvalue weighted by Crippen LogP contribution is -2.20. The van der Waals surface area contributed by atoms with Crippen molar-refractivity contribution in [2.24, 2.45) is 5.10 Å². The number of benzene rings is 1. The fourth-order valence-corrected chi connectivity index (χ4v) is 2.30. The van der Waals surface area contributed by atoms with Crippen LogP contribution >= 0.6 is 12.2 Å². The molecule has 3 N–H and O–H groups in total. The number of aromatic hydroxyl groups is 1. The van der Waals surface area contributed by atoms with Crippen LogP contribution in [0.5, 0.6) is 5.88 Å². The van der Waals surface area contributed by atoms with Gasteiger partial charge < -0.3 is 5.11 Å². The molecule has 0 bridgehead atoms. The second kappa shape index (κ2) is 7.04. The summed E-state index contributed by atoms with van der Waals surface area (Å²) in [4.78, 5) is 14.5.